The van der Waals surface area contributed by atoms with Gasteiger partial charge in [-0.25, -0.2) is 4.39 Å². The largest absolute Gasteiger partial charge is 0.487 e. The van der Waals surface area contributed by atoms with Crippen molar-refractivity contribution in [2.75, 3.05) is 12.1 Å². The van der Waals surface area contributed by atoms with Crippen LogP contribution in [0.4, 0.5) is 10.1 Å². The number of hydrogen-bond donors (Lipinski definition) is 1. The fourth-order valence-corrected chi connectivity index (χ4v) is 4.11. The maximum absolute atomic E-state index is 13.9. The highest BCUT2D eigenvalue weighted by Crippen LogP contribution is 2.35. The van der Waals surface area contributed by atoms with Crippen molar-refractivity contribution in [2.24, 2.45) is 0 Å². The quantitative estimate of drug-likeness (QED) is 0.212. The van der Waals surface area contributed by atoms with E-state index in [4.69, 9.17) is 14.2 Å². The fraction of sp³-hybridized carbons (Fsp3) is 0.111. The van der Waals surface area contributed by atoms with E-state index in [0.717, 1.165) is 11.1 Å². The van der Waals surface area contributed by atoms with E-state index in [0.29, 0.717) is 40.3 Å². The zero-order valence-electron chi connectivity index (χ0n) is 18.5. The molecule has 1 aliphatic rings. The summed E-state index contributed by atoms with van der Waals surface area (Å²) in [5, 5.41) is 12.0. The Morgan fingerprint density at radius 3 is 2.77 bits per heavy atom. The van der Waals surface area contributed by atoms with Crippen LogP contribution in [0.25, 0.3) is 6.08 Å². The van der Waals surface area contributed by atoms with Gasteiger partial charge in [0.1, 0.15) is 29.8 Å². The lowest BCUT2D eigenvalue weighted by atomic mass is 10.0. The second-order valence-electron chi connectivity index (χ2n) is 7.56. The predicted octanol–water partition coefficient (Wildman–Crippen LogP) is 6.17. The summed E-state index contributed by atoms with van der Waals surface area (Å²) < 4.78 is 31.4. The number of rotatable bonds is 8. The van der Waals surface area contributed by atoms with E-state index < -0.39 is 11.7 Å². The van der Waals surface area contributed by atoms with Crippen LogP contribution in [0.3, 0.4) is 0 Å². The van der Waals surface area contributed by atoms with Gasteiger partial charge in [0.15, 0.2) is 11.5 Å². The number of hydrogen-bond acceptors (Lipinski definition) is 5. The second-order valence-corrected chi connectivity index (χ2v) is 8.42. The van der Waals surface area contributed by atoms with Crippen LogP contribution in [0.15, 0.2) is 77.3 Å². The Morgan fingerprint density at radius 2 is 2.00 bits per heavy atom. The van der Waals surface area contributed by atoms with Gasteiger partial charge in [-0.2, -0.15) is 5.26 Å². The molecule has 1 heterocycles. The number of benzene rings is 3. The third-order valence-electron chi connectivity index (χ3n) is 5.13. The smallest absolute Gasteiger partial charge is 0.266 e. The first-order valence-electron chi connectivity index (χ1n) is 10.6. The van der Waals surface area contributed by atoms with Crippen molar-refractivity contribution < 1.29 is 23.4 Å². The monoisotopic (exact) mass is 534 g/mol. The first-order chi connectivity index (χ1) is 17.0. The summed E-state index contributed by atoms with van der Waals surface area (Å²) >= 11 is 3.54. The summed E-state index contributed by atoms with van der Waals surface area (Å²) in [7, 11) is 0. The van der Waals surface area contributed by atoms with Crippen molar-refractivity contribution in [3.05, 3.63) is 99.8 Å². The highest BCUT2D eigenvalue weighted by atomic mass is 79.9. The van der Waals surface area contributed by atoms with E-state index in [1.54, 1.807) is 18.2 Å². The average molecular weight is 535 g/mol. The van der Waals surface area contributed by atoms with Gasteiger partial charge in [-0.3, -0.25) is 4.79 Å². The van der Waals surface area contributed by atoms with Crippen LogP contribution in [0.5, 0.6) is 17.2 Å². The van der Waals surface area contributed by atoms with Crippen LogP contribution in [0.1, 0.15) is 16.7 Å². The van der Waals surface area contributed by atoms with Gasteiger partial charge in [0.25, 0.3) is 5.91 Å². The molecule has 0 fully saturated rings. The van der Waals surface area contributed by atoms with Crippen LogP contribution < -0.4 is 19.5 Å². The molecule has 0 aromatic heterocycles. The second kappa shape index (κ2) is 10.9. The number of nitrogens with zero attached hydrogens (tertiary/aromatic N) is 1. The molecule has 0 saturated heterocycles. The summed E-state index contributed by atoms with van der Waals surface area (Å²) in [6.45, 7) is 4.30. The van der Waals surface area contributed by atoms with Crippen molar-refractivity contribution in [3.8, 4) is 23.3 Å². The molecule has 0 atom stereocenters. The van der Waals surface area contributed by atoms with Crippen LogP contribution >= 0.6 is 15.9 Å². The first-order valence-corrected chi connectivity index (χ1v) is 11.4. The lowest BCUT2D eigenvalue weighted by molar-refractivity contribution is -0.112. The molecule has 176 valence electrons. The number of carbonyl (C=O) groups excluding carboxylic acids is 1. The predicted molar refractivity (Wildman–Crippen MR) is 134 cm³/mol. The van der Waals surface area contributed by atoms with Gasteiger partial charge in [0.05, 0.1) is 10.2 Å². The van der Waals surface area contributed by atoms with Crippen molar-refractivity contribution in [2.45, 2.75) is 13.0 Å². The highest BCUT2D eigenvalue weighted by molar-refractivity contribution is 9.10. The van der Waals surface area contributed by atoms with E-state index in [1.165, 1.54) is 24.3 Å². The van der Waals surface area contributed by atoms with E-state index in [2.05, 4.69) is 27.8 Å². The Kier molecular flexibility index (Phi) is 7.48. The molecule has 6 nitrogen and oxygen atoms in total. The van der Waals surface area contributed by atoms with Crippen molar-refractivity contribution >= 4 is 33.6 Å². The van der Waals surface area contributed by atoms with Gasteiger partial charge >= 0.3 is 0 Å². The minimum absolute atomic E-state index is 0.000516. The normalized spacial score (nSPS) is 12.1. The summed E-state index contributed by atoms with van der Waals surface area (Å²) in [4.78, 5) is 12.6. The van der Waals surface area contributed by atoms with Gasteiger partial charge in [-0.05, 0) is 81.5 Å². The van der Waals surface area contributed by atoms with E-state index in [-0.39, 0.29) is 18.1 Å². The minimum Gasteiger partial charge on any atom is -0.487 e. The summed E-state index contributed by atoms with van der Waals surface area (Å²) in [5.41, 5.74) is 2.15. The molecule has 3 aromatic carbocycles. The third-order valence-corrected chi connectivity index (χ3v) is 5.71. The molecule has 3 aromatic rings. The zero-order valence-corrected chi connectivity index (χ0v) is 20.1. The lowest BCUT2D eigenvalue weighted by Gasteiger charge is -2.14. The Hall–Kier alpha value is -4.09. The third kappa shape index (κ3) is 5.70. The molecule has 1 aliphatic heterocycles. The van der Waals surface area contributed by atoms with E-state index >= 15 is 0 Å². The molecule has 35 heavy (non-hydrogen) atoms. The van der Waals surface area contributed by atoms with Gasteiger partial charge in [-0.1, -0.05) is 24.3 Å². The molecule has 0 spiro atoms. The molecule has 0 unspecified atom stereocenters. The van der Waals surface area contributed by atoms with Crippen molar-refractivity contribution in [1.29, 1.82) is 5.26 Å². The summed E-state index contributed by atoms with van der Waals surface area (Å²) in [6, 6.07) is 16.8. The van der Waals surface area contributed by atoms with Crippen LogP contribution in [0, 0.1) is 17.1 Å². The number of allylic oxidation sites excluding steroid dienone is 1. The van der Waals surface area contributed by atoms with E-state index in [9.17, 15) is 14.4 Å². The molecule has 8 heteroatoms. The summed E-state index contributed by atoms with van der Waals surface area (Å²) in [6.07, 6.45) is 3.67. The number of anilines is 1. The molecule has 1 N–H and O–H groups in total. The Bertz CT molecular complexity index is 1360. The van der Waals surface area contributed by atoms with Crippen molar-refractivity contribution in [3.63, 3.8) is 0 Å². The first kappa shape index (κ1) is 24.0. The highest BCUT2D eigenvalue weighted by Gasteiger charge is 2.16. The van der Waals surface area contributed by atoms with Gasteiger partial charge < -0.3 is 19.5 Å². The Balaban J connectivity index is 1.56. The number of carbonyl (C=O) groups is 1. The fourth-order valence-electron chi connectivity index (χ4n) is 3.48. The number of fused-ring (bicyclic) bond motifs is 1. The topological polar surface area (TPSA) is 80.6 Å². The minimum atomic E-state index is -0.706. The molecular weight excluding hydrogens is 515 g/mol. The number of ether oxygens (including phenoxy) is 3. The molecule has 0 bridgehead atoms. The zero-order chi connectivity index (χ0) is 24.8. The number of nitrogens with one attached hydrogen (secondary N) is 1. The van der Waals surface area contributed by atoms with Crippen LogP contribution in [-0.2, 0) is 17.8 Å². The standard InChI is InChI=1S/C27H20BrFN2O4/c1-2-5-19-10-18(11-20(14-30)27(32)31-23-7-4-3-6-22(23)29)12-21(28)26(19)33-15-17-8-9-24-25(13-17)35-16-34-24/h2-4,6-13H,1,5,15-16H2,(H,31,32)/b20-11-. The number of amides is 1. The van der Waals surface area contributed by atoms with Crippen LogP contribution in [0.2, 0.25) is 0 Å². The molecule has 4 rings (SSSR count). The van der Waals surface area contributed by atoms with E-state index in [1.807, 2.05) is 30.3 Å². The SMILES string of the molecule is C=CCc1cc(/C=C(/C#N)C(=O)Nc2ccccc2F)cc(Br)c1OCc1ccc2c(c1)OCO2. The molecule has 0 radical (unpaired) electrons. The van der Waals surface area contributed by atoms with Gasteiger partial charge in [0, 0.05) is 0 Å². The molecule has 0 saturated carbocycles. The average Bonchev–Trinajstić information content (AvgIpc) is 3.31. The summed E-state index contributed by atoms with van der Waals surface area (Å²) in [5.74, 6) is 0.703. The lowest BCUT2D eigenvalue weighted by Crippen LogP contribution is -2.14. The van der Waals surface area contributed by atoms with Crippen molar-refractivity contribution in [1.82, 2.24) is 0 Å². The maximum Gasteiger partial charge on any atom is 0.266 e. The molecular formula is C27H20BrFN2O4. The molecule has 1 amide bonds. The van der Waals surface area contributed by atoms with Gasteiger partial charge in [-0.15, -0.1) is 6.58 Å². The Morgan fingerprint density at radius 1 is 1.20 bits per heavy atom. The number of halogens is 2. The molecule has 0 aliphatic carbocycles. The maximum atomic E-state index is 13.9. The number of nitriles is 1. The van der Waals surface area contributed by atoms with Gasteiger partial charge in [0.2, 0.25) is 6.79 Å². The number of para-hydroxylation sites is 1. The Labute approximate surface area is 210 Å². The van der Waals surface area contributed by atoms with Crippen LogP contribution in [-0.4, -0.2) is 12.7 Å².